The SMILES string of the molecule is CS(=O)(=O)c1ccc(CO)c(C(=O)N2C(C(N)=O)CC3CC32[C@@H](c2cc(F)c(C(F)(F)F)cc2F)C2CC2)c1. The van der Waals surface area contributed by atoms with Crippen molar-refractivity contribution in [3.05, 3.63) is 64.2 Å². The normalized spacial score (nSPS) is 25.4. The minimum absolute atomic E-state index is 0.0737. The molecule has 0 radical (unpaired) electrons. The first kappa shape index (κ1) is 27.5. The number of primary amides is 1. The van der Waals surface area contributed by atoms with E-state index >= 15 is 4.39 Å². The van der Waals surface area contributed by atoms with Gasteiger partial charge in [-0.05, 0) is 72.9 Å². The fraction of sp³-hybridized carbons (Fsp3) is 0.462. The molecule has 3 N–H and O–H groups in total. The van der Waals surface area contributed by atoms with Crippen LogP contribution in [0.25, 0.3) is 0 Å². The van der Waals surface area contributed by atoms with Gasteiger partial charge in [0.25, 0.3) is 5.91 Å². The number of carbonyl (C=O) groups excluding carboxylic acids is 2. The van der Waals surface area contributed by atoms with Crippen molar-refractivity contribution >= 4 is 21.7 Å². The molecule has 0 aromatic heterocycles. The summed E-state index contributed by atoms with van der Waals surface area (Å²) in [6.07, 6.45) is -2.70. The highest BCUT2D eigenvalue weighted by molar-refractivity contribution is 7.90. The summed E-state index contributed by atoms with van der Waals surface area (Å²) < 4.78 is 94.0. The molecule has 2 saturated carbocycles. The van der Waals surface area contributed by atoms with E-state index in [1.54, 1.807) is 0 Å². The van der Waals surface area contributed by atoms with Crippen LogP contribution in [-0.4, -0.2) is 48.1 Å². The number of alkyl halides is 3. The Kier molecular flexibility index (Phi) is 6.33. The van der Waals surface area contributed by atoms with Crippen LogP contribution in [0.1, 0.15) is 58.6 Å². The molecule has 3 unspecified atom stereocenters. The highest BCUT2D eigenvalue weighted by Crippen LogP contribution is 2.69. The van der Waals surface area contributed by atoms with Gasteiger partial charge in [-0.3, -0.25) is 9.59 Å². The average molecular weight is 573 g/mol. The highest BCUT2D eigenvalue weighted by atomic mass is 32.2. The Balaban J connectivity index is 1.66. The molecule has 1 heterocycles. The van der Waals surface area contributed by atoms with E-state index in [-0.39, 0.29) is 52.3 Å². The summed E-state index contributed by atoms with van der Waals surface area (Å²) in [4.78, 5) is 27.5. The fourth-order valence-electron chi connectivity index (χ4n) is 6.32. The predicted octanol–water partition coefficient (Wildman–Crippen LogP) is 3.53. The second-order valence-corrected chi connectivity index (χ2v) is 12.7. The summed E-state index contributed by atoms with van der Waals surface area (Å²) in [6.45, 7) is -0.637. The number of aliphatic hydroxyl groups excluding tert-OH is 1. The molecule has 7 nitrogen and oxygen atoms in total. The molecule has 13 heteroatoms. The second-order valence-electron chi connectivity index (χ2n) is 10.6. The summed E-state index contributed by atoms with van der Waals surface area (Å²) in [5, 5.41) is 9.87. The van der Waals surface area contributed by atoms with E-state index < -0.39 is 69.1 Å². The van der Waals surface area contributed by atoms with Crippen molar-refractivity contribution in [3.63, 3.8) is 0 Å². The molecule has 2 aromatic carbocycles. The number of likely N-dealkylation sites (tertiary alicyclic amines) is 1. The van der Waals surface area contributed by atoms with Crippen molar-refractivity contribution in [1.29, 1.82) is 0 Å². The number of sulfone groups is 1. The first-order valence-electron chi connectivity index (χ1n) is 12.2. The van der Waals surface area contributed by atoms with Gasteiger partial charge in [0.1, 0.15) is 17.7 Å². The Morgan fingerprint density at radius 2 is 1.82 bits per heavy atom. The Morgan fingerprint density at radius 3 is 2.36 bits per heavy atom. The first-order chi connectivity index (χ1) is 18.1. The number of hydrogen-bond donors (Lipinski definition) is 2. The maximum absolute atomic E-state index is 15.3. The quantitative estimate of drug-likeness (QED) is 0.493. The van der Waals surface area contributed by atoms with Gasteiger partial charge in [0, 0.05) is 17.7 Å². The van der Waals surface area contributed by atoms with Crippen molar-refractivity contribution in [2.45, 2.75) is 60.9 Å². The van der Waals surface area contributed by atoms with Gasteiger partial charge in [-0.1, -0.05) is 6.07 Å². The molecule has 210 valence electrons. The molecule has 4 atom stereocenters. The van der Waals surface area contributed by atoms with Crippen LogP contribution in [0, 0.1) is 23.5 Å². The van der Waals surface area contributed by atoms with Gasteiger partial charge in [0.05, 0.1) is 22.6 Å². The summed E-state index contributed by atoms with van der Waals surface area (Å²) >= 11 is 0. The molecule has 1 aliphatic heterocycles. The lowest BCUT2D eigenvalue weighted by atomic mass is 9.82. The summed E-state index contributed by atoms with van der Waals surface area (Å²) in [5.41, 5.74) is 2.19. The van der Waals surface area contributed by atoms with Crippen molar-refractivity contribution < 1.29 is 45.1 Å². The number of nitrogens with two attached hydrogens (primary N) is 1. The number of nitrogens with zero attached hydrogens (tertiary/aromatic N) is 1. The molecule has 1 saturated heterocycles. The van der Waals surface area contributed by atoms with Gasteiger partial charge in [0.2, 0.25) is 5.91 Å². The molecule has 3 aliphatic rings. The summed E-state index contributed by atoms with van der Waals surface area (Å²) in [5.74, 6) is -6.20. The highest BCUT2D eigenvalue weighted by Gasteiger charge is 2.73. The molecule has 0 spiro atoms. The number of fused-ring (bicyclic) bond motifs is 1. The van der Waals surface area contributed by atoms with Crippen LogP contribution in [0.3, 0.4) is 0 Å². The van der Waals surface area contributed by atoms with Crippen LogP contribution in [0.15, 0.2) is 35.2 Å². The van der Waals surface area contributed by atoms with Crippen LogP contribution >= 0.6 is 0 Å². The third-order valence-electron chi connectivity index (χ3n) is 8.20. The lowest BCUT2D eigenvalue weighted by molar-refractivity contribution is -0.140. The lowest BCUT2D eigenvalue weighted by Gasteiger charge is -2.39. The van der Waals surface area contributed by atoms with Gasteiger partial charge in [-0.15, -0.1) is 0 Å². The Bertz CT molecular complexity index is 1490. The number of rotatable bonds is 7. The number of hydrogen-bond acceptors (Lipinski definition) is 5. The third kappa shape index (κ3) is 4.48. The van der Waals surface area contributed by atoms with Crippen molar-refractivity contribution in [3.8, 4) is 0 Å². The van der Waals surface area contributed by atoms with E-state index in [1.807, 2.05) is 0 Å². The monoisotopic (exact) mass is 572 g/mol. The van der Waals surface area contributed by atoms with Crippen molar-refractivity contribution in [2.24, 2.45) is 17.6 Å². The van der Waals surface area contributed by atoms with E-state index in [9.17, 15) is 40.7 Å². The second kappa shape index (κ2) is 8.98. The summed E-state index contributed by atoms with van der Waals surface area (Å²) in [7, 11) is -3.77. The first-order valence-corrected chi connectivity index (χ1v) is 14.1. The Hall–Kier alpha value is -3.06. The van der Waals surface area contributed by atoms with Crippen molar-refractivity contribution in [2.75, 3.05) is 6.26 Å². The maximum atomic E-state index is 15.3. The van der Waals surface area contributed by atoms with Crippen LogP contribution in [0.4, 0.5) is 22.0 Å². The van der Waals surface area contributed by atoms with Gasteiger partial charge in [0.15, 0.2) is 9.84 Å². The van der Waals surface area contributed by atoms with Crippen LogP contribution in [-0.2, 0) is 27.4 Å². The molecule has 3 fully saturated rings. The third-order valence-corrected chi connectivity index (χ3v) is 9.31. The fourth-order valence-corrected chi connectivity index (χ4v) is 6.97. The zero-order valence-corrected chi connectivity index (χ0v) is 21.5. The maximum Gasteiger partial charge on any atom is 0.419 e. The number of benzene rings is 2. The molecule has 39 heavy (non-hydrogen) atoms. The van der Waals surface area contributed by atoms with E-state index in [4.69, 9.17) is 5.73 Å². The number of aliphatic hydroxyl groups is 1. The zero-order valence-electron chi connectivity index (χ0n) is 20.6. The summed E-state index contributed by atoms with van der Waals surface area (Å²) in [6, 6.07) is 3.02. The lowest BCUT2D eigenvalue weighted by Crippen LogP contribution is -2.53. The van der Waals surface area contributed by atoms with E-state index in [2.05, 4.69) is 0 Å². The average Bonchev–Trinajstić information content (AvgIpc) is 3.77. The standard InChI is InChI=1S/C26H25F5N2O5S/c1-39(37,38)15-5-4-13(11-34)16(7-15)24(36)33-21(23(32)35)6-14-10-25(14,33)22(12-2-3-12)17-8-20(28)18(9-19(17)27)26(29,30)31/h4-5,7-9,12,14,21-22,34H,2-3,6,10-11H2,1H3,(H2,32,35)/t14?,21?,22-,25?/m1/s1. The van der Waals surface area contributed by atoms with E-state index in [0.29, 0.717) is 18.9 Å². The molecular formula is C26H25F5N2O5S. The van der Waals surface area contributed by atoms with Gasteiger partial charge in [-0.2, -0.15) is 13.2 Å². The van der Waals surface area contributed by atoms with Crippen LogP contribution in [0.2, 0.25) is 0 Å². The molecular weight excluding hydrogens is 547 g/mol. The number of piperidine rings is 1. The Morgan fingerprint density at radius 1 is 1.15 bits per heavy atom. The van der Waals surface area contributed by atoms with E-state index in [0.717, 1.165) is 12.3 Å². The van der Waals surface area contributed by atoms with Gasteiger partial charge < -0.3 is 15.7 Å². The van der Waals surface area contributed by atoms with Gasteiger partial charge >= 0.3 is 6.18 Å². The minimum Gasteiger partial charge on any atom is -0.392 e. The molecule has 0 bridgehead atoms. The van der Waals surface area contributed by atoms with E-state index in [1.165, 1.54) is 17.0 Å². The Labute approximate surface area is 220 Å². The number of amides is 2. The van der Waals surface area contributed by atoms with Crippen molar-refractivity contribution in [1.82, 2.24) is 4.90 Å². The molecule has 5 rings (SSSR count). The number of halogens is 5. The largest absolute Gasteiger partial charge is 0.419 e. The molecule has 2 aromatic rings. The topological polar surface area (TPSA) is 118 Å². The predicted molar refractivity (Wildman–Crippen MR) is 127 cm³/mol. The number of carbonyl (C=O) groups is 2. The minimum atomic E-state index is -5.11. The molecule has 2 amide bonds. The zero-order chi connectivity index (χ0) is 28.7. The molecule has 2 aliphatic carbocycles. The van der Waals surface area contributed by atoms with Gasteiger partial charge in [-0.25, -0.2) is 17.2 Å². The smallest absolute Gasteiger partial charge is 0.392 e. The van der Waals surface area contributed by atoms with Crippen LogP contribution in [0.5, 0.6) is 0 Å². The van der Waals surface area contributed by atoms with Crippen LogP contribution < -0.4 is 5.73 Å².